The van der Waals surface area contributed by atoms with Gasteiger partial charge in [0.1, 0.15) is 5.82 Å². The van der Waals surface area contributed by atoms with Crippen molar-refractivity contribution in [2.75, 3.05) is 12.8 Å². The van der Waals surface area contributed by atoms with E-state index in [1.165, 1.54) is 25.3 Å². The molecule has 1 atom stereocenters. The first-order valence-electron chi connectivity index (χ1n) is 8.11. The van der Waals surface area contributed by atoms with Gasteiger partial charge in [-0.1, -0.05) is 31.4 Å². The lowest BCUT2D eigenvalue weighted by molar-refractivity contribution is 0.169. The van der Waals surface area contributed by atoms with Crippen LogP contribution in [0.15, 0.2) is 23.1 Å². The molecule has 5 heteroatoms. The van der Waals surface area contributed by atoms with Crippen molar-refractivity contribution >= 4 is 17.8 Å². The molecule has 0 aromatic heterocycles. The Hall–Kier alpha value is -1.23. The maximum Gasteiger partial charge on any atom is 0.317 e. The van der Waals surface area contributed by atoms with Crippen molar-refractivity contribution in [3.63, 3.8) is 0 Å². The van der Waals surface area contributed by atoms with Crippen LogP contribution >= 0.6 is 11.8 Å². The number of benzene rings is 1. The molecule has 2 amide bonds. The van der Waals surface area contributed by atoms with Crippen LogP contribution in [-0.4, -0.2) is 29.8 Å². The Morgan fingerprint density at radius 3 is 2.82 bits per heavy atom. The van der Waals surface area contributed by atoms with Gasteiger partial charge in [-0.25, -0.2) is 9.18 Å². The summed E-state index contributed by atoms with van der Waals surface area (Å²) in [5.74, 6) is 0.661. The summed E-state index contributed by atoms with van der Waals surface area (Å²) < 4.78 is 13.9. The maximum atomic E-state index is 13.9. The zero-order valence-corrected chi connectivity index (χ0v) is 13.8. The molecule has 1 aromatic carbocycles. The highest BCUT2D eigenvalue weighted by molar-refractivity contribution is 7.99. The van der Waals surface area contributed by atoms with E-state index in [4.69, 9.17) is 0 Å². The first-order valence-corrected chi connectivity index (χ1v) is 9.10. The van der Waals surface area contributed by atoms with Gasteiger partial charge in [-0.15, -0.1) is 11.8 Å². The fourth-order valence-corrected chi connectivity index (χ4v) is 4.56. The van der Waals surface area contributed by atoms with E-state index in [1.54, 1.807) is 17.8 Å². The van der Waals surface area contributed by atoms with Gasteiger partial charge in [-0.3, -0.25) is 0 Å². The topological polar surface area (TPSA) is 32.3 Å². The van der Waals surface area contributed by atoms with E-state index in [9.17, 15) is 9.18 Å². The number of urea groups is 1. The number of carbonyl (C=O) groups is 1. The molecule has 1 N–H and O–H groups in total. The second-order valence-electron chi connectivity index (χ2n) is 6.20. The molecule has 2 aliphatic rings. The van der Waals surface area contributed by atoms with Gasteiger partial charge in [0.2, 0.25) is 0 Å². The van der Waals surface area contributed by atoms with E-state index in [2.05, 4.69) is 5.32 Å². The number of nitrogens with zero attached hydrogens (tertiary/aromatic N) is 1. The fraction of sp³-hybridized carbons (Fsp3) is 0.588. The van der Waals surface area contributed by atoms with Crippen molar-refractivity contribution in [3.8, 4) is 0 Å². The predicted octanol–water partition coefficient (Wildman–Crippen LogP) is 4.34. The van der Waals surface area contributed by atoms with Crippen LogP contribution in [0.25, 0.3) is 0 Å². The molecule has 1 saturated carbocycles. The van der Waals surface area contributed by atoms with Crippen molar-refractivity contribution in [3.05, 3.63) is 29.6 Å². The van der Waals surface area contributed by atoms with E-state index in [0.717, 1.165) is 30.6 Å². The first kappa shape index (κ1) is 15.7. The van der Waals surface area contributed by atoms with Crippen molar-refractivity contribution in [1.29, 1.82) is 0 Å². The van der Waals surface area contributed by atoms with Gasteiger partial charge in [-0.2, -0.15) is 0 Å². The Labute approximate surface area is 135 Å². The van der Waals surface area contributed by atoms with Crippen LogP contribution in [0, 0.1) is 5.82 Å². The molecule has 0 saturated heterocycles. The van der Waals surface area contributed by atoms with Crippen LogP contribution in [0.2, 0.25) is 0 Å². The molecular weight excluding hydrogens is 299 g/mol. The van der Waals surface area contributed by atoms with Gasteiger partial charge in [0.05, 0.1) is 6.04 Å². The average molecular weight is 322 g/mol. The third-order valence-electron chi connectivity index (χ3n) is 4.77. The smallest absolute Gasteiger partial charge is 0.317 e. The number of halogens is 1. The van der Waals surface area contributed by atoms with E-state index in [-0.39, 0.29) is 17.9 Å². The van der Waals surface area contributed by atoms with Crippen LogP contribution in [-0.2, 0) is 0 Å². The Kier molecular flexibility index (Phi) is 4.91. The number of thioether (sulfide) groups is 1. The van der Waals surface area contributed by atoms with Crippen molar-refractivity contribution in [1.82, 2.24) is 10.2 Å². The first-order chi connectivity index (χ1) is 10.7. The molecular formula is C17H23FN2OS. The summed E-state index contributed by atoms with van der Waals surface area (Å²) in [5.41, 5.74) is 0.918. The van der Waals surface area contributed by atoms with E-state index < -0.39 is 0 Å². The number of fused-ring (bicyclic) bond motifs is 1. The molecule has 1 aliphatic carbocycles. The molecule has 0 radical (unpaired) electrons. The van der Waals surface area contributed by atoms with Gasteiger partial charge < -0.3 is 10.2 Å². The number of amides is 2. The second-order valence-corrected chi connectivity index (χ2v) is 7.31. The Morgan fingerprint density at radius 2 is 2.05 bits per heavy atom. The molecule has 1 fully saturated rings. The maximum absolute atomic E-state index is 13.9. The van der Waals surface area contributed by atoms with Crippen LogP contribution in [0.5, 0.6) is 0 Å². The Bertz CT molecular complexity index is 545. The third kappa shape index (κ3) is 3.24. The lowest BCUT2D eigenvalue weighted by Crippen LogP contribution is -2.46. The van der Waals surface area contributed by atoms with Crippen LogP contribution < -0.4 is 5.32 Å². The highest BCUT2D eigenvalue weighted by atomic mass is 32.2. The van der Waals surface area contributed by atoms with E-state index in [0.29, 0.717) is 10.9 Å². The van der Waals surface area contributed by atoms with Gasteiger partial charge in [0.15, 0.2) is 0 Å². The summed E-state index contributed by atoms with van der Waals surface area (Å²) in [6.45, 7) is 0. The lowest BCUT2D eigenvalue weighted by atomic mass is 9.94. The molecule has 1 aliphatic heterocycles. The monoisotopic (exact) mass is 322 g/mol. The molecule has 3 nitrogen and oxygen atoms in total. The molecule has 1 heterocycles. The number of hydrogen-bond donors (Lipinski definition) is 1. The summed E-state index contributed by atoms with van der Waals surface area (Å²) in [5, 5.41) is 3.11. The zero-order chi connectivity index (χ0) is 15.5. The standard InChI is InChI=1S/C17H23FN2OS/c1-20(12-6-3-2-4-7-12)17(21)19-15-10-11-22-16-13(15)8-5-9-14(16)18/h5,8-9,12,15H,2-4,6-7,10-11H2,1H3,(H,19,21). The summed E-state index contributed by atoms with van der Waals surface area (Å²) in [7, 11) is 1.88. The molecule has 1 unspecified atom stereocenters. The quantitative estimate of drug-likeness (QED) is 0.878. The summed E-state index contributed by atoms with van der Waals surface area (Å²) in [6, 6.07) is 5.38. The number of rotatable bonds is 2. The SMILES string of the molecule is CN(C(=O)NC1CCSc2c(F)cccc21)C1CCCCC1. The minimum atomic E-state index is -0.179. The van der Waals surface area contributed by atoms with Crippen LogP contribution in [0.4, 0.5) is 9.18 Å². The number of nitrogens with one attached hydrogen (secondary N) is 1. The molecule has 0 bridgehead atoms. The minimum Gasteiger partial charge on any atom is -0.331 e. The van der Waals surface area contributed by atoms with E-state index >= 15 is 0 Å². The van der Waals surface area contributed by atoms with Gasteiger partial charge >= 0.3 is 6.03 Å². The van der Waals surface area contributed by atoms with Gasteiger partial charge in [0.25, 0.3) is 0 Å². The Balaban J connectivity index is 1.68. The molecule has 22 heavy (non-hydrogen) atoms. The highest BCUT2D eigenvalue weighted by Crippen LogP contribution is 2.37. The number of hydrogen-bond acceptors (Lipinski definition) is 2. The minimum absolute atomic E-state index is 0.0287. The average Bonchev–Trinajstić information content (AvgIpc) is 2.56. The molecule has 3 rings (SSSR count). The summed E-state index contributed by atoms with van der Waals surface area (Å²) >= 11 is 1.54. The number of carbonyl (C=O) groups excluding carboxylic acids is 1. The van der Waals surface area contributed by atoms with E-state index in [1.807, 2.05) is 18.0 Å². The largest absolute Gasteiger partial charge is 0.331 e. The Morgan fingerprint density at radius 1 is 1.27 bits per heavy atom. The highest BCUT2D eigenvalue weighted by Gasteiger charge is 2.27. The van der Waals surface area contributed by atoms with Gasteiger partial charge in [0, 0.05) is 23.7 Å². The molecule has 120 valence electrons. The zero-order valence-electron chi connectivity index (χ0n) is 13.0. The van der Waals surface area contributed by atoms with Crippen molar-refractivity contribution in [2.24, 2.45) is 0 Å². The van der Waals surface area contributed by atoms with Crippen LogP contribution in [0.1, 0.15) is 50.1 Å². The van der Waals surface area contributed by atoms with Crippen molar-refractivity contribution < 1.29 is 9.18 Å². The molecule has 0 spiro atoms. The van der Waals surface area contributed by atoms with Gasteiger partial charge in [-0.05, 0) is 30.9 Å². The third-order valence-corrected chi connectivity index (χ3v) is 5.93. The fourth-order valence-electron chi connectivity index (χ4n) is 3.42. The van der Waals surface area contributed by atoms with Crippen molar-refractivity contribution in [2.45, 2.75) is 55.5 Å². The molecule has 1 aromatic rings. The lowest BCUT2D eigenvalue weighted by Gasteiger charge is -2.34. The predicted molar refractivity (Wildman–Crippen MR) is 87.6 cm³/mol. The second kappa shape index (κ2) is 6.90. The normalized spacial score (nSPS) is 22.0. The summed E-state index contributed by atoms with van der Waals surface area (Å²) in [6.07, 6.45) is 6.72. The summed E-state index contributed by atoms with van der Waals surface area (Å²) in [4.78, 5) is 15.1. The van der Waals surface area contributed by atoms with Crippen LogP contribution in [0.3, 0.4) is 0 Å².